The number of nitrogen functional groups attached to an aromatic ring is 1. The van der Waals surface area contributed by atoms with Crippen LogP contribution in [0.25, 0.3) is 0 Å². The van der Waals surface area contributed by atoms with Crippen LogP contribution in [-0.2, 0) is 6.61 Å². The Labute approximate surface area is 79.3 Å². The summed E-state index contributed by atoms with van der Waals surface area (Å²) in [6.07, 6.45) is -1.58. The molecular formula is C8H10F2N2O2. The van der Waals surface area contributed by atoms with Crippen molar-refractivity contribution < 1.29 is 18.6 Å². The lowest BCUT2D eigenvalue weighted by Crippen LogP contribution is -2.05. The molecule has 1 rings (SSSR count). The topological polar surface area (TPSA) is 68.4 Å². The summed E-state index contributed by atoms with van der Waals surface area (Å²) in [7, 11) is 1.31. The molecule has 0 aliphatic heterocycles. The van der Waals surface area contributed by atoms with Crippen LogP contribution in [0.1, 0.15) is 17.7 Å². The van der Waals surface area contributed by atoms with Crippen molar-refractivity contribution in [1.82, 2.24) is 4.98 Å². The van der Waals surface area contributed by atoms with Crippen LogP contribution in [-0.4, -0.2) is 17.2 Å². The zero-order chi connectivity index (χ0) is 10.7. The van der Waals surface area contributed by atoms with Gasteiger partial charge in [-0.2, -0.15) is 0 Å². The van der Waals surface area contributed by atoms with Crippen LogP contribution in [0.5, 0.6) is 5.75 Å². The van der Waals surface area contributed by atoms with Gasteiger partial charge in [0.15, 0.2) is 5.75 Å². The molecule has 1 heterocycles. The van der Waals surface area contributed by atoms with E-state index < -0.39 is 18.6 Å². The fourth-order valence-corrected chi connectivity index (χ4v) is 1.10. The van der Waals surface area contributed by atoms with E-state index in [9.17, 15) is 8.78 Å². The Bertz CT molecular complexity index is 331. The van der Waals surface area contributed by atoms with E-state index in [1.165, 1.54) is 13.3 Å². The van der Waals surface area contributed by atoms with Gasteiger partial charge >= 0.3 is 0 Å². The number of hydrogen-bond acceptors (Lipinski definition) is 4. The van der Waals surface area contributed by atoms with Gasteiger partial charge in [-0.05, 0) is 0 Å². The molecule has 3 N–H and O–H groups in total. The fourth-order valence-electron chi connectivity index (χ4n) is 1.10. The van der Waals surface area contributed by atoms with Gasteiger partial charge in [-0.1, -0.05) is 0 Å². The van der Waals surface area contributed by atoms with Crippen molar-refractivity contribution in [3.63, 3.8) is 0 Å². The van der Waals surface area contributed by atoms with Crippen LogP contribution in [0.4, 0.5) is 14.5 Å². The van der Waals surface area contributed by atoms with Gasteiger partial charge in [0.05, 0.1) is 36.9 Å². The Morgan fingerprint density at radius 1 is 1.64 bits per heavy atom. The number of methoxy groups -OCH3 is 1. The number of ether oxygens (including phenoxy) is 1. The second kappa shape index (κ2) is 4.19. The van der Waals surface area contributed by atoms with Crippen LogP contribution >= 0.6 is 0 Å². The Kier molecular flexibility index (Phi) is 3.19. The van der Waals surface area contributed by atoms with Crippen molar-refractivity contribution in [2.75, 3.05) is 12.8 Å². The van der Waals surface area contributed by atoms with Gasteiger partial charge in [0.1, 0.15) is 0 Å². The van der Waals surface area contributed by atoms with Crippen molar-refractivity contribution in [1.29, 1.82) is 0 Å². The lowest BCUT2D eigenvalue weighted by atomic mass is 10.1. The normalized spacial score (nSPS) is 10.6. The minimum Gasteiger partial charge on any atom is -0.493 e. The number of aliphatic hydroxyl groups excluding tert-OH is 1. The standard InChI is InChI=1S/C8H10F2N2O2/c1-14-5-2-12-4(3-13)6(7(5)11)8(9)10/h2,8,13H,3H2,1H3,(H2,11,12). The van der Waals surface area contributed by atoms with Crippen molar-refractivity contribution in [2.45, 2.75) is 13.0 Å². The zero-order valence-corrected chi connectivity index (χ0v) is 7.50. The third-order valence-corrected chi connectivity index (χ3v) is 1.79. The first kappa shape index (κ1) is 10.6. The predicted octanol–water partition coefficient (Wildman–Crippen LogP) is 1.10. The average molecular weight is 204 g/mol. The summed E-state index contributed by atoms with van der Waals surface area (Å²) >= 11 is 0. The summed E-state index contributed by atoms with van der Waals surface area (Å²) in [4.78, 5) is 3.62. The lowest BCUT2D eigenvalue weighted by Gasteiger charge is -2.11. The third-order valence-electron chi connectivity index (χ3n) is 1.79. The van der Waals surface area contributed by atoms with Gasteiger partial charge in [-0.3, -0.25) is 4.98 Å². The SMILES string of the molecule is COc1cnc(CO)c(C(F)F)c1N. The highest BCUT2D eigenvalue weighted by Gasteiger charge is 2.20. The van der Waals surface area contributed by atoms with Crippen molar-refractivity contribution in [3.05, 3.63) is 17.5 Å². The number of rotatable bonds is 3. The van der Waals surface area contributed by atoms with E-state index in [1.807, 2.05) is 0 Å². The van der Waals surface area contributed by atoms with Crippen molar-refractivity contribution in [2.24, 2.45) is 0 Å². The van der Waals surface area contributed by atoms with Crippen LogP contribution in [0.3, 0.4) is 0 Å². The van der Waals surface area contributed by atoms with Gasteiger partial charge < -0.3 is 15.6 Å². The van der Waals surface area contributed by atoms with E-state index in [0.717, 1.165) is 0 Å². The maximum Gasteiger partial charge on any atom is 0.267 e. The van der Waals surface area contributed by atoms with Crippen LogP contribution in [0.2, 0.25) is 0 Å². The number of pyridine rings is 1. The van der Waals surface area contributed by atoms with Gasteiger partial charge in [0.2, 0.25) is 0 Å². The quantitative estimate of drug-likeness (QED) is 0.773. The number of aliphatic hydroxyl groups is 1. The molecule has 0 atom stereocenters. The number of hydrogen-bond donors (Lipinski definition) is 2. The molecular weight excluding hydrogens is 194 g/mol. The van der Waals surface area contributed by atoms with E-state index in [-0.39, 0.29) is 17.1 Å². The summed E-state index contributed by atoms with van der Waals surface area (Å²) in [6, 6.07) is 0. The van der Waals surface area contributed by atoms with Gasteiger partial charge in [0.25, 0.3) is 6.43 Å². The molecule has 6 heteroatoms. The number of nitrogens with zero attached hydrogens (tertiary/aromatic N) is 1. The molecule has 0 spiro atoms. The number of nitrogens with two attached hydrogens (primary N) is 1. The second-order valence-corrected chi connectivity index (χ2v) is 2.56. The third kappa shape index (κ3) is 1.74. The zero-order valence-electron chi connectivity index (χ0n) is 7.50. The van der Waals surface area contributed by atoms with Crippen LogP contribution in [0, 0.1) is 0 Å². The molecule has 1 aromatic rings. The highest BCUT2D eigenvalue weighted by atomic mass is 19.3. The second-order valence-electron chi connectivity index (χ2n) is 2.56. The molecule has 0 aliphatic rings. The maximum atomic E-state index is 12.5. The molecule has 0 aromatic carbocycles. The predicted molar refractivity (Wildman–Crippen MR) is 46.1 cm³/mol. The summed E-state index contributed by atoms with van der Waals surface area (Å²) in [5, 5.41) is 8.76. The average Bonchev–Trinajstić information content (AvgIpc) is 2.16. The fraction of sp³-hybridized carbons (Fsp3) is 0.375. The minimum absolute atomic E-state index is 0.0810. The highest BCUT2D eigenvalue weighted by molar-refractivity contribution is 5.59. The Morgan fingerprint density at radius 3 is 2.71 bits per heavy atom. The number of halogens is 2. The lowest BCUT2D eigenvalue weighted by molar-refractivity contribution is 0.146. The Balaban J connectivity index is 3.31. The molecule has 1 aromatic heterocycles. The monoisotopic (exact) mass is 204 g/mol. The van der Waals surface area contributed by atoms with Crippen molar-refractivity contribution >= 4 is 5.69 Å². The summed E-state index contributed by atoms with van der Waals surface area (Å²) in [5.41, 5.74) is 4.64. The number of anilines is 1. The Hall–Kier alpha value is -1.43. The molecule has 78 valence electrons. The maximum absolute atomic E-state index is 12.5. The Morgan fingerprint density at radius 2 is 2.29 bits per heavy atom. The van der Waals surface area contributed by atoms with E-state index in [0.29, 0.717) is 0 Å². The van der Waals surface area contributed by atoms with E-state index in [4.69, 9.17) is 15.6 Å². The minimum atomic E-state index is -2.78. The molecule has 14 heavy (non-hydrogen) atoms. The number of alkyl halides is 2. The highest BCUT2D eigenvalue weighted by Crippen LogP contribution is 2.33. The molecule has 0 aliphatic carbocycles. The molecule has 4 nitrogen and oxygen atoms in total. The molecule has 0 saturated heterocycles. The molecule has 0 radical (unpaired) electrons. The molecule has 0 amide bonds. The molecule has 0 fully saturated rings. The summed E-state index contributed by atoms with van der Waals surface area (Å²) < 4.78 is 29.7. The van der Waals surface area contributed by atoms with Crippen molar-refractivity contribution in [3.8, 4) is 5.75 Å². The first-order valence-corrected chi connectivity index (χ1v) is 3.82. The van der Waals surface area contributed by atoms with E-state index >= 15 is 0 Å². The first-order valence-electron chi connectivity index (χ1n) is 3.82. The molecule has 0 saturated carbocycles. The van der Waals surface area contributed by atoms with E-state index in [1.54, 1.807) is 0 Å². The van der Waals surface area contributed by atoms with Gasteiger partial charge in [0, 0.05) is 0 Å². The first-order chi connectivity index (χ1) is 6.61. The van der Waals surface area contributed by atoms with Gasteiger partial charge in [-0.15, -0.1) is 0 Å². The summed E-state index contributed by atoms with van der Waals surface area (Å²) in [5.74, 6) is 0.0810. The van der Waals surface area contributed by atoms with E-state index in [2.05, 4.69) is 4.98 Å². The molecule has 0 bridgehead atoms. The summed E-state index contributed by atoms with van der Waals surface area (Å²) in [6.45, 7) is -0.576. The largest absolute Gasteiger partial charge is 0.493 e. The van der Waals surface area contributed by atoms with Crippen LogP contribution < -0.4 is 10.5 Å². The molecule has 0 unspecified atom stereocenters. The van der Waals surface area contributed by atoms with Crippen LogP contribution in [0.15, 0.2) is 6.20 Å². The number of aromatic nitrogens is 1. The smallest absolute Gasteiger partial charge is 0.267 e. The van der Waals surface area contributed by atoms with Gasteiger partial charge in [-0.25, -0.2) is 8.78 Å².